The molecule has 20 heavy (non-hydrogen) atoms. The van der Waals surface area contributed by atoms with E-state index in [0.29, 0.717) is 17.1 Å². The lowest BCUT2D eigenvalue weighted by Crippen LogP contribution is -2.08. The molecule has 0 fully saturated rings. The average molecular weight is 277 g/mol. The van der Waals surface area contributed by atoms with Gasteiger partial charge in [0.1, 0.15) is 0 Å². The highest BCUT2D eigenvalue weighted by molar-refractivity contribution is 5.65. The molecule has 0 unspecified atom stereocenters. The number of nitrogen functional groups attached to an aromatic ring is 1. The summed E-state index contributed by atoms with van der Waals surface area (Å²) in [7, 11) is 0. The molecule has 0 saturated heterocycles. The number of alkyl halides is 3. The van der Waals surface area contributed by atoms with E-state index in [4.69, 9.17) is 11.0 Å². The highest BCUT2D eigenvalue weighted by Gasteiger charge is 2.33. The molecular weight excluding hydrogens is 267 g/mol. The maximum Gasteiger partial charge on any atom is 0.417 e. The topological polar surface area (TPSA) is 61.8 Å². The van der Waals surface area contributed by atoms with Gasteiger partial charge >= 0.3 is 6.18 Å². The quantitative estimate of drug-likeness (QED) is 0.818. The highest BCUT2D eigenvalue weighted by atomic mass is 19.4. The van der Waals surface area contributed by atoms with Gasteiger partial charge in [0.05, 0.1) is 17.2 Å². The molecule has 0 aliphatic rings. The molecule has 0 aliphatic heterocycles. The molecule has 2 aromatic rings. The van der Waals surface area contributed by atoms with Crippen LogP contribution in [-0.2, 0) is 6.18 Å². The second-order valence-electron chi connectivity index (χ2n) is 4.12. The summed E-state index contributed by atoms with van der Waals surface area (Å²) in [6.45, 7) is 0. The van der Waals surface area contributed by atoms with Gasteiger partial charge in [-0.05, 0) is 36.4 Å². The molecule has 2 rings (SSSR count). The van der Waals surface area contributed by atoms with Crippen molar-refractivity contribution in [3.63, 3.8) is 0 Å². The van der Waals surface area contributed by atoms with E-state index in [2.05, 4.69) is 5.32 Å². The summed E-state index contributed by atoms with van der Waals surface area (Å²) in [5.41, 5.74) is 5.79. The van der Waals surface area contributed by atoms with Crippen molar-refractivity contribution < 1.29 is 13.2 Å². The van der Waals surface area contributed by atoms with Crippen LogP contribution in [-0.4, -0.2) is 0 Å². The summed E-state index contributed by atoms with van der Waals surface area (Å²) in [4.78, 5) is 0. The molecule has 6 heteroatoms. The summed E-state index contributed by atoms with van der Waals surface area (Å²) in [5, 5.41) is 11.7. The Labute approximate surface area is 113 Å². The van der Waals surface area contributed by atoms with Gasteiger partial charge in [-0.1, -0.05) is 6.07 Å². The molecule has 0 aromatic heterocycles. The lowest BCUT2D eigenvalue weighted by atomic mass is 10.1. The number of hydrogen-bond acceptors (Lipinski definition) is 3. The molecule has 0 heterocycles. The summed E-state index contributed by atoms with van der Waals surface area (Å²) in [6, 6.07) is 11.6. The van der Waals surface area contributed by atoms with Crippen LogP contribution in [0.25, 0.3) is 0 Å². The smallest absolute Gasteiger partial charge is 0.399 e. The normalized spacial score (nSPS) is 10.9. The number of halogens is 3. The molecule has 3 nitrogen and oxygen atoms in total. The lowest BCUT2D eigenvalue weighted by Gasteiger charge is -2.11. The van der Waals surface area contributed by atoms with Gasteiger partial charge in [-0.15, -0.1) is 0 Å². The van der Waals surface area contributed by atoms with Crippen LogP contribution in [0.3, 0.4) is 0 Å². The Bertz CT molecular complexity index is 672. The summed E-state index contributed by atoms with van der Waals surface area (Å²) in [6.07, 6.45) is -4.54. The molecule has 2 aromatic carbocycles. The van der Waals surface area contributed by atoms with Crippen molar-refractivity contribution >= 4 is 17.1 Å². The first-order valence-electron chi connectivity index (χ1n) is 5.64. The minimum absolute atomic E-state index is 0.389. The SMILES string of the molecule is N#Cc1cc(Nc2cccc(N)c2)ccc1C(F)(F)F. The molecule has 3 N–H and O–H groups in total. The van der Waals surface area contributed by atoms with Gasteiger partial charge in [-0.25, -0.2) is 0 Å². The van der Waals surface area contributed by atoms with Crippen LogP contribution in [0.2, 0.25) is 0 Å². The Morgan fingerprint density at radius 3 is 2.35 bits per heavy atom. The largest absolute Gasteiger partial charge is 0.417 e. The van der Waals surface area contributed by atoms with E-state index in [1.807, 2.05) is 0 Å². The summed E-state index contributed by atoms with van der Waals surface area (Å²) in [5.74, 6) is 0. The Balaban J connectivity index is 2.34. The van der Waals surface area contributed by atoms with E-state index in [1.54, 1.807) is 30.3 Å². The van der Waals surface area contributed by atoms with Crippen LogP contribution in [0.5, 0.6) is 0 Å². The molecular formula is C14H10F3N3. The van der Waals surface area contributed by atoms with Crippen molar-refractivity contribution in [1.29, 1.82) is 5.26 Å². The summed E-state index contributed by atoms with van der Waals surface area (Å²) >= 11 is 0. The van der Waals surface area contributed by atoms with Crippen LogP contribution < -0.4 is 11.1 Å². The van der Waals surface area contributed by atoms with E-state index >= 15 is 0 Å². The van der Waals surface area contributed by atoms with Crippen molar-refractivity contribution in [1.82, 2.24) is 0 Å². The molecule has 0 saturated carbocycles. The second kappa shape index (κ2) is 5.13. The van der Waals surface area contributed by atoms with Crippen molar-refractivity contribution in [3.8, 4) is 6.07 Å². The monoisotopic (exact) mass is 277 g/mol. The van der Waals surface area contributed by atoms with Crippen LogP contribution in [0.4, 0.5) is 30.2 Å². The number of rotatable bonds is 2. The lowest BCUT2D eigenvalue weighted by molar-refractivity contribution is -0.137. The van der Waals surface area contributed by atoms with Crippen LogP contribution >= 0.6 is 0 Å². The van der Waals surface area contributed by atoms with E-state index < -0.39 is 17.3 Å². The number of nitriles is 1. The first-order valence-corrected chi connectivity index (χ1v) is 5.64. The molecule has 0 radical (unpaired) electrons. The second-order valence-corrected chi connectivity index (χ2v) is 4.12. The first-order chi connectivity index (χ1) is 9.40. The van der Waals surface area contributed by atoms with Crippen molar-refractivity contribution in [2.75, 3.05) is 11.1 Å². The fourth-order valence-corrected chi connectivity index (χ4v) is 1.74. The zero-order chi connectivity index (χ0) is 14.8. The van der Waals surface area contributed by atoms with E-state index in [9.17, 15) is 13.2 Å². The number of anilines is 3. The molecule has 0 atom stereocenters. The number of hydrogen-bond donors (Lipinski definition) is 2. The maximum atomic E-state index is 12.7. The fraction of sp³-hybridized carbons (Fsp3) is 0.0714. The van der Waals surface area contributed by atoms with Crippen LogP contribution in [0.15, 0.2) is 42.5 Å². The van der Waals surface area contributed by atoms with Gasteiger partial charge in [0.2, 0.25) is 0 Å². The Morgan fingerprint density at radius 1 is 1.05 bits per heavy atom. The predicted octanol–water partition coefficient (Wildman–Crippen LogP) is 3.90. The van der Waals surface area contributed by atoms with Crippen molar-refractivity contribution in [2.45, 2.75) is 6.18 Å². The van der Waals surface area contributed by atoms with Gasteiger partial charge < -0.3 is 11.1 Å². The third-order valence-electron chi connectivity index (χ3n) is 2.62. The van der Waals surface area contributed by atoms with E-state index in [1.165, 1.54) is 6.07 Å². The van der Waals surface area contributed by atoms with Gasteiger partial charge in [0.15, 0.2) is 0 Å². The number of benzene rings is 2. The average Bonchev–Trinajstić information content (AvgIpc) is 2.37. The third-order valence-corrected chi connectivity index (χ3v) is 2.62. The van der Waals surface area contributed by atoms with Crippen molar-refractivity contribution in [2.24, 2.45) is 0 Å². The minimum atomic E-state index is -4.54. The Kier molecular flexibility index (Phi) is 3.53. The van der Waals surface area contributed by atoms with Gasteiger partial charge in [0, 0.05) is 17.1 Å². The fourth-order valence-electron chi connectivity index (χ4n) is 1.74. The molecule has 0 bridgehead atoms. The van der Waals surface area contributed by atoms with Crippen molar-refractivity contribution in [3.05, 3.63) is 53.6 Å². The van der Waals surface area contributed by atoms with Gasteiger partial charge in [-0.3, -0.25) is 0 Å². The van der Waals surface area contributed by atoms with Crippen LogP contribution in [0, 0.1) is 11.3 Å². The molecule has 0 aliphatic carbocycles. The zero-order valence-electron chi connectivity index (χ0n) is 10.2. The predicted molar refractivity (Wildman–Crippen MR) is 70.3 cm³/mol. The number of nitrogens with two attached hydrogens (primary N) is 1. The van der Waals surface area contributed by atoms with E-state index in [-0.39, 0.29) is 0 Å². The van der Waals surface area contributed by atoms with Gasteiger partial charge in [0.25, 0.3) is 0 Å². The number of nitrogens with zero attached hydrogens (tertiary/aromatic N) is 1. The standard InChI is InChI=1S/C14H10F3N3/c15-14(16,17)13-5-4-12(6-9(13)8-18)20-11-3-1-2-10(19)7-11/h1-7,20H,19H2. The number of nitrogens with one attached hydrogen (secondary N) is 1. The van der Waals surface area contributed by atoms with Crippen LogP contribution in [0.1, 0.15) is 11.1 Å². The zero-order valence-corrected chi connectivity index (χ0v) is 10.2. The maximum absolute atomic E-state index is 12.7. The van der Waals surface area contributed by atoms with Gasteiger partial charge in [-0.2, -0.15) is 18.4 Å². The molecule has 102 valence electrons. The van der Waals surface area contributed by atoms with E-state index in [0.717, 1.165) is 12.1 Å². The molecule has 0 amide bonds. The first kappa shape index (κ1) is 13.7. The Morgan fingerprint density at radius 2 is 1.75 bits per heavy atom. The third kappa shape index (κ3) is 3.01. The highest BCUT2D eigenvalue weighted by Crippen LogP contribution is 2.33. The Hall–Kier alpha value is -2.68. The molecule has 0 spiro atoms. The minimum Gasteiger partial charge on any atom is -0.399 e. The summed E-state index contributed by atoms with van der Waals surface area (Å²) < 4.78 is 38.0.